The fraction of sp³-hybridized carbons (Fsp3) is 0.267. The van der Waals surface area contributed by atoms with E-state index in [9.17, 15) is 9.59 Å². The van der Waals surface area contributed by atoms with Crippen molar-refractivity contribution >= 4 is 51.8 Å². The van der Waals surface area contributed by atoms with Crippen LogP contribution in [0.1, 0.15) is 42.4 Å². The van der Waals surface area contributed by atoms with Crippen LogP contribution in [-0.4, -0.2) is 40.7 Å². The minimum Gasteiger partial charge on any atom is -0.497 e. The maximum Gasteiger partial charge on any atom is 0.419 e. The van der Waals surface area contributed by atoms with E-state index in [1.807, 2.05) is 0 Å². The molecule has 2 N–H and O–H groups in total. The van der Waals surface area contributed by atoms with E-state index < -0.39 is 23.4 Å². The number of carbonyl (C=O) groups is 2. The maximum atomic E-state index is 15.7. The highest BCUT2D eigenvalue weighted by Gasteiger charge is 2.35. The Hall–Kier alpha value is -3.95. The Balaban J connectivity index is 1.52. The van der Waals surface area contributed by atoms with Crippen LogP contribution in [0, 0.1) is 5.82 Å². The van der Waals surface area contributed by atoms with Crippen molar-refractivity contribution < 1.29 is 28.2 Å². The largest absolute Gasteiger partial charge is 0.497 e. The van der Waals surface area contributed by atoms with Gasteiger partial charge in [0.05, 0.1) is 17.6 Å². The predicted molar refractivity (Wildman–Crippen MR) is 156 cm³/mol. The number of nitrogens with zero attached hydrogens (tertiary/aromatic N) is 2. The molecule has 0 spiro atoms. The Morgan fingerprint density at radius 1 is 1.07 bits per heavy atom. The minimum atomic E-state index is -0.791. The van der Waals surface area contributed by atoms with Crippen LogP contribution in [0.25, 0.3) is 10.9 Å². The molecule has 5 rings (SSSR count). The number of halogens is 3. The van der Waals surface area contributed by atoms with Crippen molar-refractivity contribution in [3.05, 3.63) is 81.2 Å². The third-order valence-electron chi connectivity index (χ3n) is 6.58. The van der Waals surface area contributed by atoms with Crippen LogP contribution in [0.2, 0.25) is 10.0 Å². The Kier molecular flexibility index (Phi) is 7.52. The summed E-state index contributed by atoms with van der Waals surface area (Å²) in [5.41, 5.74) is 6.96. The number of nitrogen functional groups attached to an aromatic ring is 1. The second kappa shape index (κ2) is 10.8. The Bertz CT molecular complexity index is 1680. The zero-order valence-corrected chi connectivity index (χ0v) is 24.4. The fourth-order valence-electron chi connectivity index (χ4n) is 4.84. The lowest BCUT2D eigenvalue weighted by atomic mass is 10.0. The van der Waals surface area contributed by atoms with Crippen LogP contribution in [0.5, 0.6) is 17.2 Å². The third-order valence-corrected chi connectivity index (χ3v) is 7.10. The SMILES string of the molecule is COc1ccc2c(c1)c1c(n2C(=O)OC(C)(C)C)C(=O)N(Cc2ccc(Cl)c(Oc3cc(N)cc(Cl)c3)c2F)CC1. The number of benzene rings is 3. The molecule has 8 nitrogen and oxygen atoms in total. The lowest BCUT2D eigenvalue weighted by molar-refractivity contribution is 0.0516. The maximum absolute atomic E-state index is 15.7. The van der Waals surface area contributed by atoms with Crippen molar-refractivity contribution in [1.29, 1.82) is 0 Å². The normalized spacial score (nSPS) is 13.3. The summed E-state index contributed by atoms with van der Waals surface area (Å²) in [4.78, 5) is 28.8. The molecule has 41 heavy (non-hydrogen) atoms. The van der Waals surface area contributed by atoms with Crippen molar-refractivity contribution in [2.75, 3.05) is 19.4 Å². The first-order valence-corrected chi connectivity index (χ1v) is 13.6. The van der Waals surface area contributed by atoms with E-state index in [0.29, 0.717) is 45.9 Å². The molecule has 1 aliphatic heterocycles. The van der Waals surface area contributed by atoms with Crippen molar-refractivity contribution in [2.45, 2.75) is 39.3 Å². The van der Waals surface area contributed by atoms with E-state index >= 15 is 4.39 Å². The number of ether oxygens (including phenoxy) is 3. The van der Waals surface area contributed by atoms with Gasteiger partial charge in [0.1, 0.15) is 22.8 Å². The quantitative estimate of drug-likeness (QED) is 0.239. The van der Waals surface area contributed by atoms with Gasteiger partial charge in [-0.15, -0.1) is 0 Å². The molecule has 0 saturated heterocycles. The summed E-state index contributed by atoms with van der Waals surface area (Å²) < 4.78 is 33.8. The highest BCUT2D eigenvalue weighted by atomic mass is 35.5. The number of methoxy groups -OCH3 is 1. The highest BCUT2D eigenvalue weighted by Crippen LogP contribution is 2.38. The van der Waals surface area contributed by atoms with Crippen molar-refractivity contribution in [3.63, 3.8) is 0 Å². The smallest absolute Gasteiger partial charge is 0.419 e. The Morgan fingerprint density at radius 2 is 1.83 bits per heavy atom. The van der Waals surface area contributed by atoms with Gasteiger partial charge in [0, 0.05) is 40.8 Å². The molecule has 214 valence electrons. The standard InChI is InChI=1S/C30H28Cl2FN3O5/c1-30(2,3)41-29(38)36-24-8-6-19(39-4)14-22(24)21-9-10-35(28(37)26(21)36)15-16-5-7-23(32)27(25(16)33)40-20-12-17(31)11-18(34)13-20/h5-8,11-14H,9-10,15,34H2,1-4H3. The molecule has 0 saturated carbocycles. The molecule has 11 heteroatoms. The van der Waals surface area contributed by atoms with E-state index in [1.165, 1.54) is 39.8 Å². The zero-order chi connectivity index (χ0) is 29.6. The number of aromatic nitrogens is 1. The summed E-state index contributed by atoms with van der Waals surface area (Å²) >= 11 is 12.3. The summed E-state index contributed by atoms with van der Waals surface area (Å²) in [7, 11) is 1.55. The number of hydrogen-bond donors (Lipinski definition) is 1. The van der Waals surface area contributed by atoms with Gasteiger partial charge in [0.2, 0.25) is 0 Å². The minimum absolute atomic E-state index is 0.0380. The van der Waals surface area contributed by atoms with Gasteiger partial charge >= 0.3 is 6.09 Å². The van der Waals surface area contributed by atoms with Gasteiger partial charge in [-0.3, -0.25) is 4.79 Å². The molecule has 2 heterocycles. The van der Waals surface area contributed by atoms with Crippen molar-refractivity contribution in [2.24, 2.45) is 0 Å². The zero-order valence-electron chi connectivity index (χ0n) is 22.9. The van der Waals surface area contributed by atoms with Crippen molar-refractivity contribution in [3.8, 4) is 17.2 Å². The van der Waals surface area contributed by atoms with Crippen LogP contribution in [-0.2, 0) is 17.7 Å². The van der Waals surface area contributed by atoms with Crippen molar-refractivity contribution in [1.82, 2.24) is 9.47 Å². The molecule has 1 aliphatic rings. The summed E-state index contributed by atoms with van der Waals surface area (Å²) in [5.74, 6) is -0.581. The number of fused-ring (bicyclic) bond motifs is 3. The molecular weight excluding hydrogens is 572 g/mol. The first-order chi connectivity index (χ1) is 19.4. The fourth-order valence-corrected chi connectivity index (χ4v) is 5.26. The van der Waals surface area contributed by atoms with Gasteiger partial charge in [-0.05, 0) is 69.2 Å². The molecule has 0 bridgehead atoms. The van der Waals surface area contributed by atoms with Gasteiger partial charge in [-0.2, -0.15) is 0 Å². The van der Waals surface area contributed by atoms with Gasteiger partial charge in [-0.25, -0.2) is 13.8 Å². The first-order valence-electron chi connectivity index (χ1n) is 12.8. The van der Waals surface area contributed by atoms with Crippen LogP contribution in [0.4, 0.5) is 14.9 Å². The number of hydrogen-bond acceptors (Lipinski definition) is 6. The molecule has 0 radical (unpaired) electrons. The van der Waals surface area contributed by atoms with E-state index in [0.717, 1.165) is 0 Å². The number of rotatable bonds is 5. The topological polar surface area (TPSA) is 96.0 Å². The van der Waals surface area contributed by atoms with E-state index in [1.54, 1.807) is 46.1 Å². The first kappa shape index (κ1) is 28.6. The lowest BCUT2D eigenvalue weighted by Gasteiger charge is -2.29. The molecule has 0 fully saturated rings. The van der Waals surface area contributed by atoms with Crippen LogP contribution in [0.3, 0.4) is 0 Å². The molecule has 4 aromatic rings. The van der Waals surface area contributed by atoms with E-state index in [2.05, 4.69) is 0 Å². The molecule has 0 aliphatic carbocycles. The molecule has 1 amide bonds. The summed E-state index contributed by atoms with van der Waals surface area (Å²) in [5, 5.41) is 1.07. The molecule has 0 unspecified atom stereocenters. The molecular formula is C30H28Cl2FN3O5. The summed E-state index contributed by atoms with van der Waals surface area (Å²) in [6.07, 6.45) is -0.251. The third kappa shape index (κ3) is 5.64. The van der Waals surface area contributed by atoms with Crippen LogP contribution in [0.15, 0.2) is 48.5 Å². The number of amides is 1. The average Bonchev–Trinajstić information content (AvgIpc) is 3.22. The van der Waals surface area contributed by atoms with Crippen LogP contribution >= 0.6 is 23.2 Å². The number of nitrogens with two attached hydrogens (primary N) is 1. The van der Waals surface area contributed by atoms with Gasteiger partial charge in [0.15, 0.2) is 11.6 Å². The second-order valence-corrected chi connectivity index (χ2v) is 11.5. The summed E-state index contributed by atoms with van der Waals surface area (Å²) in [6.45, 7) is 5.46. The van der Waals surface area contributed by atoms with Gasteiger partial charge in [0.25, 0.3) is 5.91 Å². The highest BCUT2D eigenvalue weighted by molar-refractivity contribution is 6.32. The average molecular weight is 600 g/mol. The number of carbonyl (C=O) groups excluding carboxylic acids is 2. The Labute approximate surface area is 246 Å². The summed E-state index contributed by atoms with van der Waals surface area (Å²) in [6, 6.07) is 12.7. The lowest BCUT2D eigenvalue weighted by Crippen LogP contribution is -2.39. The predicted octanol–water partition coefficient (Wildman–Crippen LogP) is 7.45. The molecule has 0 atom stereocenters. The van der Waals surface area contributed by atoms with Crippen LogP contribution < -0.4 is 15.2 Å². The van der Waals surface area contributed by atoms with E-state index in [4.69, 9.17) is 43.1 Å². The Morgan fingerprint density at radius 3 is 2.51 bits per heavy atom. The monoisotopic (exact) mass is 599 g/mol. The second-order valence-electron chi connectivity index (χ2n) is 10.7. The number of anilines is 1. The molecule has 1 aromatic heterocycles. The molecule has 3 aromatic carbocycles. The van der Waals surface area contributed by atoms with Gasteiger partial charge in [-0.1, -0.05) is 29.3 Å². The van der Waals surface area contributed by atoms with Gasteiger partial charge < -0.3 is 24.8 Å². The van der Waals surface area contributed by atoms with E-state index in [-0.39, 0.29) is 34.3 Å².